The van der Waals surface area contributed by atoms with Crippen molar-refractivity contribution in [3.05, 3.63) is 151 Å². The zero-order valence-corrected chi connectivity index (χ0v) is 21.9. The van der Waals surface area contributed by atoms with Crippen molar-refractivity contribution in [1.82, 2.24) is 29.0 Å². The summed E-state index contributed by atoms with van der Waals surface area (Å²) < 4.78 is 5.82. The molecule has 1 unspecified atom stereocenters. The molecule has 40 heavy (non-hydrogen) atoms. The summed E-state index contributed by atoms with van der Waals surface area (Å²) in [5.41, 5.74) is 5.55. The van der Waals surface area contributed by atoms with E-state index in [2.05, 4.69) is 22.9 Å². The van der Waals surface area contributed by atoms with Crippen molar-refractivity contribution < 1.29 is 0 Å². The van der Waals surface area contributed by atoms with E-state index in [1.165, 1.54) is 0 Å². The van der Waals surface area contributed by atoms with Gasteiger partial charge in [0.2, 0.25) is 0 Å². The summed E-state index contributed by atoms with van der Waals surface area (Å²) >= 11 is 0. The molecule has 0 saturated carbocycles. The Morgan fingerprint density at radius 1 is 0.600 bits per heavy atom. The van der Waals surface area contributed by atoms with E-state index in [4.69, 9.17) is 20.2 Å². The van der Waals surface area contributed by atoms with Crippen LogP contribution in [0.5, 0.6) is 0 Å². The van der Waals surface area contributed by atoms with Crippen molar-refractivity contribution in [1.29, 1.82) is 0 Å². The van der Waals surface area contributed by atoms with Crippen LogP contribution in [0, 0.1) is 0 Å². The zero-order chi connectivity index (χ0) is 26.9. The lowest BCUT2D eigenvalue weighted by Crippen LogP contribution is -2.36. The largest absolute Gasteiger partial charge is 0.331 e. The molecule has 1 aliphatic heterocycles. The minimum Gasteiger partial charge on any atom is -0.331 e. The van der Waals surface area contributed by atoms with Gasteiger partial charge in [-0.15, -0.1) is 0 Å². The average molecular weight is 523 g/mol. The van der Waals surface area contributed by atoms with Crippen molar-refractivity contribution in [2.24, 2.45) is 9.98 Å². The van der Waals surface area contributed by atoms with Crippen LogP contribution in [-0.4, -0.2) is 47.7 Å². The predicted octanol–water partition coefficient (Wildman–Crippen LogP) is 5.69. The first-order valence-electron chi connectivity index (χ1n) is 13.1. The van der Waals surface area contributed by atoms with Gasteiger partial charge in [0.1, 0.15) is 11.4 Å². The Hall–Kier alpha value is -5.50. The van der Waals surface area contributed by atoms with E-state index < -0.39 is 0 Å². The maximum Gasteiger partial charge on any atom is 0.169 e. The second kappa shape index (κ2) is 9.99. The first-order chi connectivity index (χ1) is 19.7. The molecule has 0 amide bonds. The molecule has 0 bridgehead atoms. The number of aliphatic imine (C=N–C) groups is 2. The van der Waals surface area contributed by atoms with Gasteiger partial charge in [-0.25, -0.2) is 19.3 Å². The fourth-order valence-electron chi connectivity index (χ4n) is 4.83. The molecule has 0 radical (unpaired) electrons. The van der Waals surface area contributed by atoms with Gasteiger partial charge in [-0.1, -0.05) is 54.6 Å². The fraction of sp³-hybridized carbons (Fsp3) is 0.0625. The molecular formula is C32H26N8. The molecule has 194 valence electrons. The third-order valence-electron chi connectivity index (χ3n) is 6.90. The lowest BCUT2D eigenvalue weighted by Gasteiger charge is -2.30. The van der Waals surface area contributed by atoms with Gasteiger partial charge in [0.25, 0.3) is 0 Å². The van der Waals surface area contributed by atoms with Crippen LogP contribution in [0.25, 0.3) is 17.1 Å². The molecule has 0 saturated heterocycles. The Morgan fingerprint density at radius 2 is 1.20 bits per heavy atom. The quantitative estimate of drug-likeness (QED) is 0.282. The van der Waals surface area contributed by atoms with E-state index in [9.17, 15) is 0 Å². The molecule has 0 spiro atoms. The summed E-state index contributed by atoms with van der Waals surface area (Å²) in [6, 6.07) is 36.4. The summed E-state index contributed by atoms with van der Waals surface area (Å²) in [6.45, 7) is 0. The Balaban J connectivity index is 1.30. The number of benzene rings is 3. The fourth-order valence-corrected chi connectivity index (χ4v) is 4.83. The molecule has 0 N–H and O–H groups in total. The summed E-state index contributed by atoms with van der Waals surface area (Å²) in [7, 11) is 1.99. The molecule has 8 heteroatoms. The normalized spacial score (nSPS) is 15.1. The summed E-state index contributed by atoms with van der Waals surface area (Å²) in [4.78, 5) is 12.2. The molecule has 1 atom stereocenters. The minimum absolute atomic E-state index is 0.380. The molecule has 4 heterocycles. The number of aromatic nitrogens is 5. The second-order valence-corrected chi connectivity index (χ2v) is 9.52. The minimum atomic E-state index is -0.380. The molecule has 8 nitrogen and oxygen atoms in total. The van der Waals surface area contributed by atoms with Crippen molar-refractivity contribution in [2.45, 2.75) is 6.17 Å². The molecule has 0 aliphatic carbocycles. The third-order valence-corrected chi connectivity index (χ3v) is 6.90. The van der Waals surface area contributed by atoms with Gasteiger partial charge in [0.05, 0.1) is 11.4 Å². The SMILES string of the molecule is CN1C(c2ccn(-c3ccccc3)n2)=NC(c2ccn(-c3ccccc3)c2)=NC1c1ccn(-c2ccccc2)n1. The Kier molecular flexibility index (Phi) is 5.90. The van der Waals surface area contributed by atoms with E-state index in [1.807, 2.05) is 137 Å². The Labute approximate surface area is 231 Å². The maximum atomic E-state index is 5.09. The van der Waals surface area contributed by atoms with Gasteiger partial charge in [0, 0.05) is 43.1 Å². The number of amidine groups is 2. The number of hydrogen-bond donors (Lipinski definition) is 0. The van der Waals surface area contributed by atoms with Gasteiger partial charge in [-0.3, -0.25) is 0 Å². The van der Waals surface area contributed by atoms with Crippen molar-refractivity contribution in [2.75, 3.05) is 7.05 Å². The smallest absolute Gasteiger partial charge is 0.169 e. The molecule has 0 fully saturated rings. The van der Waals surface area contributed by atoms with Crippen LogP contribution in [0.2, 0.25) is 0 Å². The van der Waals surface area contributed by atoms with Crippen LogP contribution in [0.1, 0.15) is 23.1 Å². The zero-order valence-electron chi connectivity index (χ0n) is 21.9. The van der Waals surface area contributed by atoms with Gasteiger partial charge in [-0.2, -0.15) is 10.2 Å². The third kappa shape index (κ3) is 4.41. The van der Waals surface area contributed by atoms with E-state index in [-0.39, 0.29) is 6.17 Å². The van der Waals surface area contributed by atoms with Crippen molar-refractivity contribution >= 4 is 11.7 Å². The molecule has 1 aliphatic rings. The average Bonchev–Trinajstić information content (AvgIpc) is 3.80. The predicted molar refractivity (Wildman–Crippen MR) is 156 cm³/mol. The summed E-state index contributed by atoms with van der Waals surface area (Å²) in [5, 5.41) is 9.77. The number of nitrogens with zero attached hydrogens (tertiary/aromatic N) is 8. The van der Waals surface area contributed by atoms with Gasteiger partial charge in [0.15, 0.2) is 17.8 Å². The van der Waals surface area contributed by atoms with Crippen LogP contribution in [0.3, 0.4) is 0 Å². The molecule has 3 aromatic heterocycles. The van der Waals surface area contributed by atoms with Crippen molar-refractivity contribution in [3.8, 4) is 17.1 Å². The standard InChI is InChI=1S/C32H26N8/c1-37-31(28-18-21-39(35-28)26-13-7-3-8-14-26)33-30(24-17-20-38(23-24)25-11-5-2-6-12-25)34-32(37)29-19-22-40(36-29)27-15-9-4-10-16-27/h2-23,31H,1H3. The lowest BCUT2D eigenvalue weighted by molar-refractivity contribution is 0.372. The summed E-state index contributed by atoms with van der Waals surface area (Å²) in [5.74, 6) is 1.36. The first-order valence-corrected chi connectivity index (χ1v) is 13.1. The molecule has 3 aromatic carbocycles. The highest BCUT2D eigenvalue weighted by molar-refractivity contribution is 6.12. The monoisotopic (exact) mass is 522 g/mol. The first kappa shape index (κ1) is 23.6. The second-order valence-electron chi connectivity index (χ2n) is 9.52. The summed E-state index contributed by atoms with van der Waals surface area (Å²) in [6.07, 6.45) is 7.63. The molecule has 7 rings (SSSR count). The highest BCUT2D eigenvalue weighted by Crippen LogP contribution is 2.28. The van der Waals surface area contributed by atoms with E-state index in [0.29, 0.717) is 5.84 Å². The maximum absolute atomic E-state index is 5.09. The van der Waals surface area contributed by atoms with Crippen LogP contribution < -0.4 is 0 Å². The topological polar surface area (TPSA) is 68.5 Å². The Bertz CT molecular complexity index is 1810. The van der Waals surface area contributed by atoms with E-state index >= 15 is 0 Å². The molecular weight excluding hydrogens is 496 g/mol. The highest BCUT2D eigenvalue weighted by Gasteiger charge is 2.30. The van der Waals surface area contributed by atoms with Gasteiger partial charge < -0.3 is 9.47 Å². The van der Waals surface area contributed by atoms with E-state index in [1.54, 1.807) is 0 Å². The number of hydrogen-bond acceptors (Lipinski definition) is 5. The van der Waals surface area contributed by atoms with Crippen LogP contribution in [-0.2, 0) is 0 Å². The number of para-hydroxylation sites is 3. The number of rotatable bonds is 6. The molecule has 6 aromatic rings. The van der Waals surface area contributed by atoms with Crippen LogP contribution in [0.4, 0.5) is 0 Å². The highest BCUT2D eigenvalue weighted by atomic mass is 15.4. The Morgan fingerprint density at radius 3 is 1.88 bits per heavy atom. The van der Waals surface area contributed by atoms with Gasteiger partial charge in [-0.05, 0) is 54.6 Å². The van der Waals surface area contributed by atoms with Gasteiger partial charge >= 0.3 is 0 Å². The van der Waals surface area contributed by atoms with E-state index in [0.717, 1.165) is 39.8 Å². The lowest BCUT2D eigenvalue weighted by atomic mass is 10.2. The van der Waals surface area contributed by atoms with Crippen LogP contribution >= 0.6 is 0 Å². The van der Waals surface area contributed by atoms with Crippen LogP contribution in [0.15, 0.2) is 144 Å². The van der Waals surface area contributed by atoms with Crippen molar-refractivity contribution in [3.63, 3.8) is 0 Å².